The van der Waals surface area contributed by atoms with Gasteiger partial charge in [-0.3, -0.25) is 29.1 Å². The topological polar surface area (TPSA) is 110 Å². The van der Waals surface area contributed by atoms with Gasteiger partial charge in [-0.15, -0.1) is 0 Å². The monoisotopic (exact) mass is 474 g/mol. The third-order valence-corrected chi connectivity index (χ3v) is 5.94. The summed E-state index contributed by atoms with van der Waals surface area (Å²) in [6.45, 7) is 1.52. The molecule has 2 aliphatic rings. The van der Waals surface area contributed by atoms with Crippen LogP contribution in [0, 0.1) is 12.8 Å². The van der Waals surface area contributed by atoms with Gasteiger partial charge in [-0.1, -0.05) is 30.4 Å². The Balaban J connectivity index is 1.59. The van der Waals surface area contributed by atoms with E-state index in [9.17, 15) is 32.3 Å². The van der Waals surface area contributed by atoms with Gasteiger partial charge in [0.1, 0.15) is 11.9 Å². The summed E-state index contributed by atoms with van der Waals surface area (Å²) in [6, 6.07) is 4.04. The van der Waals surface area contributed by atoms with E-state index in [4.69, 9.17) is 0 Å². The molecule has 3 amide bonds. The lowest BCUT2D eigenvalue weighted by molar-refractivity contribution is -0.160. The number of carbonyl (C=O) groups is 3. The molecule has 1 aliphatic heterocycles. The summed E-state index contributed by atoms with van der Waals surface area (Å²) in [7, 11) is 0. The Labute approximate surface area is 191 Å². The number of aromatic nitrogens is 2. The number of nitrogens with zero attached hydrogens (tertiary/aromatic N) is 2. The third-order valence-electron chi connectivity index (χ3n) is 5.94. The number of alkyl halides is 3. The number of aryl methyl sites for hydroxylation is 1. The maximum Gasteiger partial charge on any atom is 0.395 e. The number of allylic oxidation sites excluding steroid dienone is 2. The van der Waals surface area contributed by atoms with Crippen LogP contribution in [0.4, 0.5) is 13.2 Å². The molecular formula is C23H21F3N4O4. The van der Waals surface area contributed by atoms with E-state index in [2.05, 4.69) is 15.6 Å². The Kier molecular flexibility index (Phi) is 6.11. The van der Waals surface area contributed by atoms with E-state index in [1.807, 2.05) is 0 Å². The second kappa shape index (κ2) is 8.88. The number of rotatable bonds is 4. The number of amides is 3. The lowest BCUT2D eigenvalue weighted by atomic mass is 9.96. The first-order chi connectivity index (χ1) is 16.1. The third kappa shape index (κ3) is 4.50. The fourth-order valence-electron chi connectivity index (χ4n) is 4.17. The second-order valence-corrected chi connectivity index (χ2v) is 8.20. The van der Waals surface area contributed by atoms with Crippen LogP contribution in [0.5, 0.6) is 0 Å². The zero-order valence-corrected chi connectivity index (χ0v) is 18.1. The van der Waals surface area contributed by atoms with Crippen LogP contribution in [-0.2, 0) is 20.9 Å². The average molecular weight is 474 g/mol. The Morgan fingerprint density at radius 3 is 2.68 bits per heavy atom. The Morgan fingerprint density at radius 1 is 1.26 bits per heavy atom. The summed E-state index contributed by atoms with van der Waals surface area (Å²) < 4.78 is 39.7. The lowest BCUT2D eigenvalue weighted by Crippen LogP contribution is -2.45. The number of hydrogen-bond donors (Lipinski definition) is 2. The van der Waals surface area contributed by atoms with Crippen LogP contribution in [-0.4, -0.2) is 33.4 Å². The highest BCUT2D eigenvalue weighted by molar-refractivity contribution is 5.99. The maximum absolute atomic E-state index is 13.4. The Hall–Kier alpha value is -3.76. The molecule has 2 unspecified atom stereocenters. The molecule has 8 nitrogen and oxygen atoms in total. The molecule has 34 heavy (non-hydrogen) atoms. The van der Waals surface area contributed by atoms with E-state index < -0.39 is 41.4 Å². The minimum Gasteiger partial charge on any atom is -0.348 e. The normalized spacial score (nSPS) is 20.8. The maximum atomic E-state index is 13.4. The molecule has 1 aromatic heterocycles. The molecular weight excluding hydrogens is 453 g/mol. The summed E-state index contributed by atoms with van der Waals surface area (Å²) in [5.41, 5.74) is 0.447. The first-order valence-electron chi connectivity index (χ1n) is 10.6. The smallest absolute Gasteiger partial charge is 0.348 e. The Bertz CT molecular complexity index is 1310. The van der Waals surface area contributed by atoms with Gasteiger partial charge in [0, 0.05) is 18.5 Å². The molecule has 1 fully saturated rings. The summed E-state index contributed by atoms with van der Waals surface area (Å²) in [5.74, 6) is -2.87. The van der Waals surface area contributed by atoms with Crippen molar-refractivity contribution in [3.05, 3.63) is 63.7 Å². The van der Waals surface area contributed by atoms with Crippen molar-refractivity contribution in [3.8, 4) is 0 Å². The van der Waals surface area contributed by atoms with Gasteiger partial charge in [0.05, 0.1) is 16.8 Å². The van der Waals surface area contributed by atoms with E-state index >= 15 is 0 Å². The molecule has 178 valence electrons. The molecule has 2 aromatic rings. The highest BCUT2D eigenvalue weighted by Crippen LogP contribution is 2.33. The van der Waals surface area contributed by atoms with Crippen LogP contribution in [0.15, 0.2) is 46.8 Å². The first kappa shape index (κ1) is 23.4. The highest BCUT2D eigenvalue weighted by Gasteiger charge is 2.38. The zero-order valence-electron chi connectivity index (χ0n) is 18.1. The number of hydrogen-bond acceptors (Lipinski definition) is 5. The van der Waals surface area contributed by atoms with Crippen LogP contribution >= 0.6 is 0 Å². The summed E-state index contributed by atoms with van der Waals surface area (Å²) in [5, 5.41) is 5.07. The van der Waals surface area contributed by atoms with Gasteiger partial charge in [0.2, 0.25) is 11.8 Å². The number of nitrogens with one attached hydrogen (secondary N) is 2. The van der Waals surface area contributed by atoms with Gasteiger partial charge in [-0.05, 0) is 31.4 Å². The largest absolute Gasteiger partial charge is 0.395 e. The number of imide groups is 1. The van der Waals surface area contributed by atoms with Crippen molar-refractivity contribution in [2.45, 2.75) is 44.9 Å². The molecule has 11 heteroatoms. The molecule has 0 radical (unpaired) electrons. The predicted molar refractivity (Wildman–Crippen MR) is 115 cm³/mol. The molecule has 0 spiro atoms. The molecule has 1 aromatic carbocycles. The van der Waals surface area contributed by atoms with Crippen molar-refractivity contribution in [1.82, 2.24) is 20.2 Å². The van der Waals surface area contributed by atoms with Gasteiger partial charge in [0.25, 0.3) is 11.5 Å². The summed E-state index contributed by atoms with van der Waals surface area (Å²) in [4.78, 5) is 54.2. The quantitative estimate of drug-likeness (QED) is 0.662. The fraction of sp³-hybridized carbons (Fsp3) is 0.348. The zero-order chi connectivity index (χ0) is 24.6. The molecule has 0 saturated carbocycles. The predicted octanol–water partition coefficient (Wildman–Crippen LogP) is 2.36. The van der Waals surface area contributed by atoms with Crippen molar-refractivity contribution < 1.29 is 27.6 Å². The molecule has 1 saturated heterocycles. The van der Waals surface area contributed by atoms with Crippen LogP contribution < -0.4 is 16.2 Å². The SMILES string of the molecule is Cc1nc2cccc(CNC(=O)C3=CCC(C(F)(F)F)C=C3)c2c(=O)n1C1CCC(=O)NC1=O. The molecule has 4 rings (SSSR count). The molecule has 2 atom stereocenters. The Morgan fingerprint density at radius 2 is 2.03 bits per heavy atom. The van der Waals surface area contributed by atoms with Crippen LogP contribution in [0.25, 0.3) is 10.9 Å². The number of fused-ring (bicyclic) bond motifs is 1. The van der Waals surface area contributed by atoms with Gasteiger partial charge in [-0.25, -0.2) is 4.98 Å². The van der Waals surface area contributed by atoms with Crippen LogP contribution in [0.1, 0.15) is 36.7 Å². The van der Waals surface area contributed by atoms with Gasteiger partial charge in [0.15, 0.2) is 0 Å². The fourth-order valence-corrected chi connectivity index (χ4v) is 4.17. The van der Waals surface area contributed by atoms with Crippen molar-refractivity contribution >= 4 is 28.6 Å². The standard InChI is InChI=1S/C23H21F3N4O4/c1-12-28-16-4-2-3-14(11-27-20(32)13-5-7-15(8-6-13)23(24,25)26)19(16)22(34)30(12)17-9-10-18(31)29-21(17)33/h2-7,15,17H,8-11H2,1H3,(H,27,32)(H,29,31,33). The summed E-state index contributed by atoms with van der Waals surface area (Å²) in [6.07, 6.45) is -1.11. The molecule has 0 bridgehead atoms. The van der Waals surface area contributed by atoms with E-state index in [0.717, 1.165) is 12.2 Å². The van der Waals surface area contributed by atoms with Crippen LogP contribution in [0.3, 0.4) is 0 Å². The van der Waals surface area contributed by atoms with E-state index in [1.165, 1.54) is 10.6 Å². The highest BCUT2D eigenvalue weighted by atomic mass is 19.4. The van der Waals surface area contributed by atoms with E-state index in [-0.39, 0.29) is 36.8 Å². The lowest BCUT2D eigenvalue weighted by Gasteiger charge is -2.24. The second-order valence-electron chi connectivity index (χ2n) is 8.20. The number of halogens is 3. The van der Waals surface area contributed by atoms with E-state index in [1.54, 1.807) is 25.1 Å². The molecule has 2 heterocycles. The minimum atomic E-state index is -4.37. The van der Waals surface area contributed by atoms with Gasteiger partial charge < -0.3 is 5.32 Å². The average Bonchev–Trinajstić information content (AvgIpc) is 2.78. The van der Waals surface area contributed by atoms with Crippen molar-refractivity contribution in [3.63, 3.8) is 0 Å². The van der Waals surface area contributed by atoms with Crippen molar-refractivity contribution in [2.24, 2.45) is 5.92 Å². The minimum absolute atomic E-state index is 0.0701. The number of piperidine rings is 1. The van der Waals surface area contributed by atoms with Crippen LogP contribution in [0.2, 0.25) is 0 Å². The number of benzene rings is 1. The summed E-state index contributed by atoms with van der Waals surface area (Å²) >= 11 is 0. The van der Waals surface area contributed by atoms with Crippen molar-refractivity contribution in [1.29, 1.82) is 0 Å². The van der Waals surface area contributed by atoms with Gasteiger partial charge in [-0.2, -0.15) is 13.2 Å². The van der Waals surface area contributed by atoms with Crippen molar-refractivity contribution in [2.75, 3.05) is 0 Å². The van der Waals surface area contributed by atoms with Gasteiger partial charge >= 0.3 is 6.18 Å². The number of carbonyl (C=O) groups excluding carboxylic acids is 3. The molecule has 1 aliphatic carbocycles. The molecule has 2 N–H and O–H groups in total. The van der Waals surface area contributed by atoms with E-state index in [0.29, 0.717) is 16.9 Å². The first-order valence-corrected chi connectivity index (χ1v) is 10.6.